The SMILES string of the molecule is Cn1ccc(CSc2n[nH]c(N)n2)n1. The minimum Gasteiger partial charge on any atom is -0.368 e. The Labute approximate surface area is 84.9 Å². The first-order valence-electron chi connectivity index (χ1n) is 4.03. The van der Waals surface area contributed by atoms with Crippen molar-refractivity contribution in [3.8, 4) is 0 Å². The summed E-state index contributed by atoms with van der Waals surface area (Å²) in [6.07, 6.45) is 1.90. The van der Waals surface area contributed by atoms with Gasteiger partial charge >= 0.3 is 0 Å². The molecule has 2 rings (SSSR count). The number of nitrogens with one attached hydrogen (secondary N) is 1. The van der Waals surface area contributed by atoms with E-state index < -0.39 is 0 Å². The van der Waals surface area contributed by atoms with Gasteiger partial charge in [-0.15, -0.1) is 5.10 Å². The van der Waals surface area contributed by atoms with Gasteiger partial charge in [-0.3, -0.25) is 4.68 Å². The fraction of sp³-hybridized carbons (Fsp3) is 0.286. The highest BCUT2D eigenvalue weighted by Crippen LogP contribution is 2.17. The summed E-state index contributed by atoms with van der Waals surface area (Å²) < 4.78 is 1.77. The molecule has 2 aromatic rings. The standard InChI is InChI=1S/C7H10N6S/c1-13-3-2-5(12-13)4-14-7-9-6(8)10-11-7/h2-3H,4H2,1H3,(H3,8,9,10,11). The molecule has 0 unspecified atom stereocenters. The van der Waals surface area contributed by atoms with E-state index in [9.17, 15) is 0 Å². The molecule has 0 spiro atoms. The summed E-state index contributed by atoms with van der Waals surface area (Å²) in [5.41, 5.74) is 6.39. The van der Waals surface area contributed by atoms with Crippen LogP contribution in [0.25, 0.3) is 0 Å². The highest BCUT2D eigenvalue weighted by atomic mass is 32.2. The Morgan fingerprint density at radius 3 is 3.07 bits per heavy atom. The molecule has 74 valence electrons. The van der Waals surface area contributed by atoms with Gasteiger partial charge in [0.05, 0.1) is 5.69 Å². The molecular formula is C7H10N6S. The molecule has 0 aromatic carbocycles. The monoisotopic (exact) mass is 210 g/mol. The third-order valence-corrected chi connectivity index (χ3v) is 2.48. The zero-order valence-corrected chi connectivity index (χ0v) is 8.45. The minimum absolute atomic E-state index is 0.341. The lowest BCUT2D eigenvalue weighted by Crippen LogP contribution is -1.89. The second-order valence-electron chi connectivity index (χ2n) is 2.77. The molecule has 2 aromatic heterocycles. The van der Waals surface area contributed by atoms with Crippen molar-refractivity contribution in [2.45, 2.75) is 10.9 Å². The van der Waals surface area contributed by atoms with Crippen molar-refractivity contribution in [2.24, 2.45) is 7.05 Å². The van der Waals surface area contributed by atoms with Crippen LogP contribution in [0.4, 0.5) is 5.95 Å². The van der Waals surface area contributed by atoms with Crippen LogP contribution in [-0.2, 0) is 12.8 Å². The van der Waals surface area contributed by atoms with Gasteiger partial charge in [-0.2, -0.15) is 10.1 Å². The van der Waals surface area contributed by atoms with Gasteiger partial charge in [0.1, 0.15) is 0 Å². The van der Waals surface area contributed by atoms with Gasteiger partial charge in [0.2, 0.25) is 11.1 Å². The third kappa shape index (κ3) is 2.05. The van der Waals surface area contributed by atoms with E-state index in [1.165, 1.54) is 11.8 Å². The van der Waals surface area contributed by atoms with Crippen molar-refractivity contribution in [1.82, 2.24) is 25.0 Å². The van der Waals surface area contributed by atoms with Gasteiger partial charge in [0, 0.05) is 19.0 Å². The number of aryl methyl sites for hydroxylation is 1. The number of aromatic nitrogens is 5. The lowest BCUT2D eigenvalue weighted by molar-refractivity contribution is 0.754. The lowest BCUT2D eigenvalue weighted by atomic mass is 10.5. The molecule has 0 amide bonds. The van der Waals surface area contributed by atoms with Crippen molar-refractivity contribution in [3.05, 3.63) is 18.0 Å². The molecule has 3 N–H and O–H groups in total. The topological polar surface area (TPSA) is 85.4 Å². The Kier molecular flexibility index (Phi) is 2.40. The molecule has 0 atom stereocenters. The Balaban J connectivity index is 1.94. The molecule has 14 heavy (non-hydrogen) atoms. The molecule has 0 fully saturated rings. The second kappa shape index (κ2) is 3.70. The van der Waals surface area contributed by atoms with Gasteiger partial charge in [-0.05, 0) is 6.07 Å². The van der Waals surface area contributed by atoms with Gasteiger partial charge in [0.15, 0.2) is 0 Å². The summed E-state index contributed by atoms with van der Waals surface area (Å²) in [6, 6.07) is 1.96. The number of nitrogens with two attached hydrogens (primary N) is 1. The first kappa shape index (κ1) is 9.07. The number of hydrogen-bond donors (Lipinski definition) is 2. The predicted octanol–water partition coefficient (Wildman–Crippen LogP) is 0.413. The highest BCUT2D eigenvalue weighted by molar-refractivity contribution is 7.98. The zero-order valence-electron chi connectivity index (χ0n) is 7.64. The van der Waals surface area contributed by atoms with Crippen LogP contribution in [0.1, 0.15) is 5.69 Å². The molecule has 0 bridgehead atoms. The van der Waals surface area contributed by atoms with Crippen molar-refractivity contribution < 1.29 is 0 Å². The molecule has 0 aliphatic heterocycles. The Morgan fingerprint density at radius 1 is 1.64 bits per heavy atom. The van der Waals surface area contributed by atoms with E-state index in [0.717, 1.165) is 11.4 Å². The van der Waals surface area contributed by atoms with Gasteiger partial charge in [-0.1, -0.05) is 11.8 Å². The largest absolute Gasteiger partial charge is 0.368 e. The van der Waals surface area contributed by atoms with Crippen LogP contribution in [0.3, 0.4) is 0 Å². The van der Waals surface area contributed by atoms with E-state index in [4.69, 9.17) is 5.73 Å². The van der Waals surface area contributed by atoms with Crippen LogP contribution < -0.4 is 5.73 Å². The fourth-order valence-electron chi connectivity index (χ4n) is 1.00. The van der Waals surface area contributed by atoms with E-state index >= 15 is 0 Å². The lowest BCUT2D eigenvalue weighted by Gasteiger charge is -1.91. The molecule has 6 nitrogen and oxygen atoms in total. The quantitative estimate of drug-likeness (QED) is 0.717. The molecule has 2 heterocycles. The summed E-state index contributed by atoms with van der Waals surface area (Å²) in [5.74, 6) is 1.09. The number of anilines is 1. The molecule has 0 saturated heterocycles. The average molecular weight is 210 g/mol. The maximum absolute atomic E-state index is 5.39. The highest BCUT2D eigenvalue weighted by Gasteiger charge is 2.03. The summed E-state index contributed by atoms with van der Waals surface area (Å²) in [7, 11) is 1.89. The molecule has 0 saturated carbocycles. The first-order valence-corrected chi connectivity index (χ1v) is 5.02. The van der Waals surface area contributed by atoms with Crippen molar-refractivity contribution in [1.29, 1.82) is 0 Å². The zero-order chi connectivity index (χ0) is 9.97. The summed E-state index contributed by atoms with van der Waals surface area (Å²) in [4.78, 5) is 3.97. The predicted molar refractivity (Wildman–Crippen MR) is 53.6 cm³/mol. The van der Waals surface area contributed by atoms with E-state index in [1.807, 2.05) is 19.3 Å². The third-order valence-electron chi connectivity index (χ3n) is 1.60. The number of nitrogens with zero attached hydrogens (tertiary/aromatic N) is 4. The first-order chi connectivity index (χ1) is 6.74. The van der Waals surface area contributed by atoms with E-state index in [-0.39, 0.29) is 0 Å². The smallest absolute Gasteiger partial charge is 0.216 e. The number of nitrogen functional groups attached to an aromatic ring is 1. The van der Waals surface area contributed by atoms with Crippen LogP contribution in [0.5, 0.6) is 0 Å². The molecule has 0 aliphatic carbocycles. The number of rotatable bonds is 3. The average Bonchev–Trinajstić information content (AvgIpc) is 2.72. The number of aromatic amines is 1. The van der Waals surface area contributed by atoms with E-state index in [1.54, 1.807) is 4.68 Å². The van der Waals surface area contributed by atoms with Crippen LogP contribution in [-0.4, -0.2) is 25.0 Å². The molecule has 7 heteroatoms. The van der Waals surface area contributed by atoms with Gasteiger partial charge < -0.3 is 5.73 Å². The summed E-state index contributed by atoms with van der Waals surface area (Å²) >= 11 is 1.50. The summed E-state index contributed by atoms with van der Waals surface area (Å²) in [6.45, 7) is 0. The van der Waals surface area contributed by atoms with E-state index in [2.05, 4.69) is 20.3 Å². The van der Waals surface area contributed by atoms with Gasteiger partial charge in [0.25, 0.3) is 0 Å². The maximum atomic E-state index is 5.39. The van der Waals surface area contributed by atoms with Crippen molar-refractivity contribution in [2.75, 3.05) is 5.73 Å². The molecular weight excluding hydrogens is 200 g/mol. The van der Waals surface area contributed by atoms with Gasteiger partial charge in [-0.25, -0.2) is 5.10 Å². The number of thioether (sulfide) groups is 1. The van der Waals surface area contributed by atoms with Crippen LogP contribution in [0, 0.1) is 0 Å². The van der Waals surface area contributed by atoms with E-state index in [0.29, 0.717) is 11.1 Å². The minimum atomic E-state index is 0.341. The Hall–Kier alpha value is -1.50. The Bertz CT molecular complexity index is 379. The number of hydrogen-bond acceptors (Lipinski definition) is 5. The number of H-pyrrole nitrogens is 1. The van der Waals surface area contributed by atoms with Crippen LogP contribution >= 0.6 is 11.8 Å². The molecule has 0 aliphatic rings. The van der Waals surface area contributed by atoms with Crippen LogP contribution in [0.2, 0.25) is 0 Å². The van der Waals surface area contributed by atoms with Crippen molar-refractivity contribution >= 4 is 17.7 Å². The summed E-state index contributed by atoms with van der Waals surface area (Å²) in [5, 5.41) is 11.4. The van der Waals surface area contributed by atoms with Crippen molar-refractivity contribution in [3.63, 3.8) is 0 Å². The normalized spacial score (nSPS) is 10.6. The fourth-order valence-corrected chi connectivity index (χ4v) is 1.71. The Morgan fingerprint density at radius 2 is 2.50 bits per heavy atom. The molecule has 0 radical (unpaired) electrons. The second-order valence-corrected chi connectivity index (χ2v) is 3.72. The van der Waals surface area contributed by atoms with Crippen LogP contribution in [0.15, 0.2) is 17.4 Å². The maximum Gasteiger partial charge on any atom is 0.216 e.